The Bertz CT molecular complexity index is 997. The molecule has 2 aliphatic rings. The van der Waals surface area contributed by atoms with Crippen LogP contribution in [0.3, 0.4) is 0 Å². The fraction of sp³-hybridized carbons (Fsp3) is 0.536. The molecule has 2 aromatic rings. The van der Waals surface area contributed by atoms with Crippen molar-refractivity contribution in [2.75, 3.05) is 31.1 Å². The Balaban J connectivity index is 1.16. The summed E-state index contributed by atoms with van der Waals surface area (Å²) in [7, 11) is 0. The lowest BCUT2D eigenvalue weighted by Crippen LogP contribution is -2.38. The summed E-state index contributed by atoms with van der Waals surface area (Å²) in [5.41, 5.74) is 6.77. The van der Waals surface area contributed by atoms with Gasteiger partial charge in [0.05, 0.1) is 5.56 Å². The molecule has 36 heavy (non-hydrogen) atoms. The van der Waals surface area contributed by atoms with Crippen LogP contribution in [0.2, 0.25) is 0 Å². The standard InChI is InChI=1S/C28H39N5O3/c1-3-4-7-24-10-9-23(16-21(24)2)18-29-17-22-11-13-33(14-12-22)28-30-19-25(20-31-28)27(34)32-36-26-8-5-6-15-35-26/h4,7,9-10,16,19-20,22,26,29H,3,5-6,8,11-15,17-18H2,1-2H3,(H,32,34)/b7-4-. The van der Waals surface area contributed by atoms with Gasteiger partial charge in [0, 0.05) is 45.1 Å². The fourth-order valence-electron chi connectivity index (χ4n) is 4.62. The molecule has 0 radical (unpaired) electrons. The maximum Gasteiger partial charge on any atom is 0.278 e. The van der Waals surface area contributed by atoms with Gasteiger partial charge in [0.2, 0.25) is 5.95 Å². The molecule has 0 bridgehead atoms. The number of hydrogen-bond acceptors (Lipinski definition) is 7. The van der Waals surface area contributed by atoms with Gasteiger partial charge < -0.3 is 15.0 Å². The van der Waals surface area contributed by atoms with Gasteiger partial charge in [-0.15, -0.1) is 0 Å². The predicted molar refractivity (Wildman–Crippen MR) is 141 cm³/mol. The first-order chi connectivity index (χ1) is 17.6. The first kappa shape index (κ1) is 26.3. The average molecular weight is 494 g/mol. The zero-order valence-corrected chi connectivity index (χ0v) is 21.5. The van der Waals surface area contributed by atoms with Crippen LogP contribution in [0.5, 0.6) is 0 Å². The number of ether oxygens (including phenoxy) is 1. The molecule has 0 spiro atoms. The number of nitrogens with zero attached hydrogens (tertiary/aromatic N) is 3. The van der Waals surface area contributed by atoms with Crippen molar-refractivity contribution >= 4 is 17.9 Å². The maximum atomic E-state index is 12.3. The van der Waals surface area contributed by atoms with Crippen molar-refractivity contribution in [3.8, 4) is 0 Å². The van der Waals surface area contributed by atoms with Crippen LogP contribution in [0, 0.1) is 12.8 Å². The second kappa shape index (κ2) is 13.5. The first-order valence-corrected chi connectivity index (χ1v) is 13.2. The Labute approximate surface area is 214 Å². The number of hydroxylamine groups is 1. The number of aryl methyl sites for hydroxylation is 1. The number of nitrogens with one attached hydrogen (secondary N) is 2. The fourth-order valence-corrected chi connectivity index (χ4v) is 4.62. The maximum absolute atomic E-state index is 12.3. The van der Waals surface area contributed by atoms with Crippen LogP contribution in [-0.2, 0) is 16.1 Å². The Morgan fingerprint density at radius 2 is 2.00 bits per heavy atom. The van der Waals surface area contributed by atoms with Crippen molar-refractivity contribution in [2.45, 2.75) is 65.2 Å². The molecule has 194 valence electrons. The van der Waals surface area contributed by atoms with E-state index in [4.69, 9.17) is 9.57 Å². The number of anilines is 1. The lowest BCUT2D eigenvalue weighted by atomic mass is 9.97. The Kier molecular flexibility index (Phi) is 9.84. The third-order valence-electron chi connectivity index (χ3n) is 6.85. The highest BCUT2D eigenvalue weighted by atomic mass is 16.8. The minimum atomic E-state index is -0.378. The molecule has 1 amide bonds. The summed E-state index contributed by atoms with van der Waals surface area (Å²) in [4.78, 5) is 28.7. The zero-order valence-electron chi connectivity index (χ0n) is 21.5. The van der Waals surface area contributed by atoms with Crippen LogP contribution in [0.1, 0.15) is 72.5 Å². The summed E-state index contributed by atoms with van der Waals surface area (Å²) in [6.07, 6.45) is 13.2. The second-order valence-corrected chi connectivity index (χ2v) is 9.68. The van der Waals surface area contributed by atoms with E-state index in [1.807, 2.05) is 0 Å². The van der Waals surface area contributed by atoms with E-state index in [2.05, 4.69) is 69.9 Å². The number of hydrogen-bond donors (Lipinski definition) is 2. The minimum absolute atomic E-state index is 0.359. The number of carbonyl (C=O) groups excluding carboxylic acids is 1. The van der Waals surface area contributed by atoms with Gasteiger partial charge in [-0.25, -0.2) is 20.3 Å². The Morgan fingerprint density at radius 3 is 2.69 bits per heavy atom. The minimum Gasteiger partial charge on any atom is -0.350 e. The molecule has 0 aliphatic carbocycles. The van der Waals surface area contributed by atoms with Crippen molar-refractivity contribution in [3.05, 3.63) is 58.9 Å². The molecule has 0 saturated carbocycles. The monoisotopic (exact) mass is 493 g/mol. The number of benzene rings is 1. The number of aromatic nitrogens is 2. The first-order valence-electron chi connectivity index (χ1n) is 13.2. The predicted octanol–water partition coefficient (Wildman–Crippen LogP) is 4.40. The van der Waals surface area contributed by atoms with Gasteiger partial charge >= 0.3 is 0 Å². The van der Waals surface area contributed by atoms with E-state index in [0.29, 0.717) is 24.0 Å². The second-order valence-electron chi connectivity index (χ2n) is 9.68. The average Bonchev–Trinajstić information content (AvgIpc) is 2.92. The van der Waals surface area contributed by atoms with Crippen molar-refractivity contribution in [1.82, 2.24) is 20.8 Å². The van der Waals surface area contributed by atoms with Crippen molar-refractivity contribution in [3.63, 3.8) is 0 Å². The zero-order chi connectivity index (χ0) is 25.2. The number of rotatable bonds is 10. The summed E-state index contributed by atoms with van der Waals surface area (Å²) in [6, 6.07) is 6.71. The van der Waals surface area contributed by atoms with E-state index in [1.54, 1.807) is 12.4 Å². The molecular weight excluding hydrogens is 454 g/mol. The van der Waals surface area contributed by atoms with Crippen LogP contribution in [0.4, 0.5) is 5.95 Å². The van der Waals surface area contributed by atoms with E-state index in [-0.39, 0.29) is 12.2 Å². The lowest BCUT2D eigenvalue weighted by Gasteiger charge is -2.32. The molecule has 2 fully saturated rings. The highest BCUT2D eigenvalue weighted by Gasteiger charge is 2.21. The summed E-state index contributed by atoms with van der Waals surface area (Å²) in [5, 5.41) is 3.64. The van der Waals surface area contributed by atoms with Crippen LogP contribution >= 0.6 is 0 Å². The summed E-state index contributed by atoms with van der Waals surface area (Å²) < 4.78 is 5.46. The summed E-state index contributed by atoms with van der Waals surface area (Å²) in [6.45, 7) is 8.72. The molecule has 1 aromatic heterocycles. The molecule has 8 heteroatoms. The van der Waals surface area contributed by atoms with E-state index in [0.717, 1.165) is 64.7 Å². The SMILES string of the molecule is CC/C=C\c1ccc(CNCC2CCN(c3ncc(C(=O)NOC4CCCCO4)cn3)CC2)cc1C. The third-order valence-corrected chi connectivity index (χ3v) is 6.85. The highest BCUT2D eigenvalue weighted by molar-refractivity contribution is 5.92. The van der Waals surface area contributed by atoms with Gasteiger partial charge in [-0.05, 0) is 68.2 Å². The van der Waals surface area contributed by atoms with Crippen LogP contribution in [0.15, 0.2) is 36.7 Å². The van der Waals surface area contributed by atoms with Gasteiger partial charge in [0.15, 0.2) is 6.29 Å². The molecule has 3 heterocycles. The number of allylic oxidation sites excluding steroid dienone is 1. The normalized spacial score (nSPS) is 19.1. The van der Waals surface area contributed by atoms with E-state index >= 15 is 0 Å². The Hall–Kier alpha value is -2.81. The van der Waals surface area contributed by atoms with E-state index in [9.17, 15) is 4.79 Å². The van der Waals surface area contributed by atoms with Crippen molar-refractivity contribution in [1.29, 1.82) is 0 Å². The van der Waals surface area contributed by atoms with E-state index in [1.165, 1.54) is 16.7 Å². The molecule has 8 nitrogen and oxygen atoms in total. The van der Waals surface area contributed by atoms with Gasteiger partial charge in [-0.1, -0.05) is 37.3 Å². The molecule has 1 aromatic carbocycles. The van der Waals surface area contributed by atoms with Gasteiger partial charge in [0.1, 0.15) is 0 Å². The van der Waals surface area contributed by atoms with Gasteiger partial charge in [-0.3, -0.25) is 4.79 Å². The van der Waals surface area contributed by atoms with Crippen molar-refractivity contribution < 1.29 is 14.4 Å². The number of amides is 1. The largest absolute Gasteiger partial charge is 0.350 e. The molecule has 2 aliphatic heterocycles. The van der Waals surface area contributed by atoms with Crippen LogP contribution in [-0.4, -0.2) is 48.4 Å². The molecular formula is C28H39N5O3. The lowest BCUT2D eigenvalue weighted by molar-refractivity contribution is -0.186. The van der Waals surface area contributed by atoms with Gasteiger partial charge in [-0.2, -0.15) is 0 Å². The molecule has 1 unspecified atom stereocenters. The Morgan fingerprint density at radius 1 is 1.19 bits per heavy atom. The molecule has 4 rings (SSSR count). The van der Waals surface area contributed by atoms with Crippen molar-refractivity contribution in [2.24, 2.45) is 5.92 Å². The number of carbonyl (C=O) groups is 1. The van der Waals surface area contributed by atoms with Crippen LogP contribution < -0.4 is 15.7 Å². The highest BCUT2D eigenvalue weighted by Crippen LogP contribution is 2.21. The quantitative estimate of drug-likeness (QED) is 0.474. The van der Waals surface area contributed by atoms with Crippen LogP contribution in [0.25, 0.3) is 6.08 Å². The van der Waals surface area contributed by atoms with Gasteiger partial charge in [0.25, 0.3) is 5.91 Å². The third kappa shape index (κ3) is 7.59. The molecule has 1 atom stereocenters. The number of piperidine rings is 1. The molecule has 2 saturated heterocycles. The topological polar surface area (TPSA) is 88.6 Å². The molecule has 2 N–H and O–H groups in total. The van der Waals surface area contributed by atoms with E-state index < -0.39 is 0 Å². The smallest absolute Gasteiger partial charge is 0.278 e. The summed E-state index contributed by atoms with van der Waals surface area (Å²) in [5.74, 6) is 0.947. The summed E-state index contributed by atoms with van der Waals surface area (Å²) >= 11 is 0.